The molecular weight excluding hydrogens is 436 g/mol. The smallest absolute Gasteiger partial charge is 0.322 e. The predicted octanol–water partition coefficient (Wildman–Crippen LogP) is 3.39. The molecule has 2 atom stereocenters. The number of piperidine rings is 1. The highest BCUT2D eigenvalue weighted by molar-refractivity contribution is 8.01. The van der Waals surface area contributed by atoms with Gasteiger partial charge < -0.3 is 20.4 Å². The minimum atomic E-state index is -0.365. The lowest BCUT2D eigenvalue weighted by molar-refractivity contribution is -0.134. The van der Waals surface area contributed by atoms with E-state index >= 15 is 0 Å². The van der Waals surface area contributed by atoms with Crippen LogP contribution in [0.1, 0.15) is 35.8 Å². The van der Waals surface area contributed by atoms with E-state index in [-0.39, 0.29) is 40.9 Å². The number of hydrogen-bond donors (Lipinski definition) is 2. The topological polar surface area (TPSA) is 81.8 Å². The van der Waals surface area contributed by atoms with Gasteiger partial charge in [-0.15, -0.1) is 11.8 Å². The van der Waals surface area contributed by atoms with Gasteiger partial charge in [-0.05, 0) is 36.5 Å². The molecule has 0 bridgehead atoms. The van der Waals surface area contributed by atoms with Crippen LogP contribution in [0.25, 0.3) is 0 Å². The number of likely N-dealkylation sites (tertiary alicyclic amines) is 1. The van der Waals surface area contributed by atoms with Crippen molar-refractivity contribution in [3.63, 3.8) is 0 Å². The number of fused-ring (bicyclic) bond motifs is 1. The highest BCUT2D eigenvalue weighted by Gasteiger charge is 2.37. The Hall–Kier alpha value is -3.00. The zero-order valence-corrected chi connectivity index (χ0v) is 19.2. The molecule has 0 spiro atoms. The second-order valence-electron chi connectivity index (χ2n) is 8.77. The van der Waals surface area contributed by atoms with Crippen LogP contribution < -0.4 is 10.6 Å². The van der Waals surface area contributed by atoms with E-state index in [2.05, 4.69) is 16.7 Å². The summed E-state index contributed by atoms with van der Waals surface area (Å²) in [5.74, 6) is -0.0552. The number of anilines is 1. The number of hydrogen-bond acceptors (Lipinski definition) is 4. The Bertz CT molecular complexity index is 1040. The summed E-state index contributed by atoms with van der Waals surface area (Å²) in [5.41, 5.74) is 3.09. The second kappa shape index (κ2) is 9.47. The number of nitrogens with one attached hydrogen (secondary N) is 2. The number of thioether (sulfide) groups is 1. The lowest BCUT2D eigenvalue weighted by Crippen LogP contribution is -2.50. The fraction of sp³-hybridized carbons (Fsp3) is 0.400. The van der Waals surface area contributed by atoms with E-state index in [0.29, 0.717) is 19.6 Å². The van der Waals surface area contributed by atoms with Crippen LogP contribution in [0, 0.1) is 0 Å². The summed E-state index contributed by atoms with van der Waals surface area (Å²) >= 11 is 1.51. The molecule has 0 aromatic heterocycles. The Labute approximate surface area is 197 Å². The molecule has 8 heteroatoms. The minimum Gasteiger partial charge on any atom is -0.342 e. The summed E-state index contributed by atoms with van der Waals surface area (Å²) < 4.78 is 0. The first-order valence-electron chi connectivity index (χ1n) is 11.5. The van der Waals surface area contributed by atoms with Gasteiger partial charge >= 0.3 is 6.03 Å². The van der Waals surface area contributed by atoms with Crippen molar-refractivity contribution < 1.29 is 14.4 Å². The van der Waals surface area contributed by atoms with Gasteiger partial charge in [-0.25, -0.2) is 4.79 Å². The highest BCUT2D eigenvalue weighted by Crippen LogP contribution is 2.37. The second-order valence-corrected chi connectivity index (χ2v) is 10.1. The number of amides is 4. The number of carbonyl (C=O) groups excluding carboxylic acids is 3. The zero-order valence-electron chi connectivity index (χ0n) is 18.4. The average Bonchev–Trinajstić information content (AvgIpc) is 3.11. The van der Waals surface area contributed by atoms with Gasteiger partial charge in [0.1, 0.15) is 5.37 Å². The van der Waals surface area contributed by atoms with Crippen LogP contribution in [-0.2, 0) is 16.0 Å². The number of rotatable bonds is 4. The standard InChI is InChI=1S/C25H28N4O3S/c30-22(16-21-23(31)27-24(33-21)18-7-2-1-3-8-18)28-13-11-19(12-14-28)29-15-10-17-6-4-5-9-20(17)26-25(29)32/h1-9,19,21,24H,10-16H2,(H,26,32)(H,27,31). The Morgan fingerprint density at radius 3 is 2.48 bits per heavy atom. The number of carbonyl (C=O) groups is 3. The molecule has 2 aromatic rings. The summed E-state index contributed by atoms with van der Waals surface area (Å²) in [6.45, 7) is 1.91. The van der Waals surface area contributed by atoms with Gasteiger partial charge in [-0.3, -0.25) is 9.59 Å². The molecule has 2 aromatic carbocycles. The number of para-hydroxylation sites is 1. The molecule has 5 rings (SSSR count). The van der Waals surface area contributed by atoms with Gasteiger partial charge in [0.2, 0.25) is 11.8 Å². The molecule has 0 radical (unpaired) electrons. The maximum Gasteiger partial charge on any atom is 0.322 e. The van der Waals surface area contributed by atoms with E-state index in [9.17, 15) is 14.4 Å². The molecule has 172 valence electrons. The third-order valence-electron chi connectivity index (χ3n) is 6.73. The molecule has 2 unspecified atom stereocenters. The van der Waals surface area contributed by atoms with Crippen LogP contribution in [0.3, 0.4) is 0 Å². The number of nitrogens with zero attached hydrogens (tertiary/aromatic N) is 2. The zero-order chi connectivity index (χ0) is 22.8. The van der Waals surface area contributed by atoms with Crippen LogP contribution in [0.2, 0.25) is 0 Å². The first kappa shape index (κ1) is 21.8. The molecular formula is C25H28N4O3S. The van der Waals surface area contributed by atoms with Crippen molar-refractivity contribution in [3.8, 4) is 0 Å². The van der Waals surface area contributed by atoms with Crippen molar-refractivity contribution in [1.82, 2.24) is 15.1 Å². The normalized spacial score (nSPS) is 23.5. The molecule has 33 heavy (non-hydrogen) atoms. The van der Waals surface area contributed by atoms with E-state index in [0.717, 1.165) is 36.1 Å². The van der Waals surface area contributed by atoms with Crippen LogP contribution in [0.5, 0.6) is 0 Å². The van der Waals surface area contributed by atoms with Gasteiger partial charge in [0.25, 0.3) is 0 Å². The Balaban J connectivity index is 1.13. The summed E-state index contributed by atoms with van der Waals surface area (Å²) in [4.78, 5) is 41.9. The van der Waals surface area contributed by atoms with E-state index in [1.807, 2.05) is 58.3 Å². The van der Waals surface area contributed by atoms with Gasteiger partial charge in [0, 0.05) is 37.8 Å². The van der Waals surface area contributed by atoms with E-state index in [4.69, 9.17) is 0 Å². The first-order valence-corrected chi connectivity index (χ1v) is 12.5. The fourth-order valence-electron chi connectivity index (χ4n) is 4.87. The van der Waals surface area contributed by atoms with E-state index in [1.165, 1.54) is 11.8 Å². The largest absolute Gasteiger partial charge is 0.342 e. The van der Waals surface area contributed by atoms with Crippen molar-refractivity contribution in [2.24, 2.45) is 0 Å². The van der Waals surface area contributed by atoms with Crippen LogP contribution in [0.4, 0.5) is 10.5 Å². The van der Waals surface area contributed by atoms with Gasteiger partial charge in [-0.1, -0.05) is 48.5 Å². The van der Waals surface area contributed by atoms with E-state index < -0.39 is 0 Å². The summed E-state index contributed by atoms with van der Waals surface area (Å²) in [6.07, 6.45) is 2.55. The quantitative estimate of drug-likeness (QED) is 0.727. The van der Waals surface area contributed by atoms with Crippen molar-refractivity contribution in [1.29, 1.82) is 0 Å². The maximum absolute atomic E-state index is 12.9. The third kappa shape index (κ3) is 4.71. The molecule has 0 saturated carbocycles. The van der Waals surface area contributed by atoms with Gasteiger partial charge in [-0.2, -0.15) is 0 Å². The fourth-order valence-corrected chi connectivity index (χ4v) is 6.12. The van der Waals surface area contributed by atoms with E-state index in [1.54, 1.807) is 0 Å². The average molecular weight is 465 g/mol. The Kier molecular flexibility index (Phi) is 6.26. The van der Waals surface area contributed by atoms with Crippen molar-refractivity contribution in [3.05, 3.63) is 65.7 Å². The number of urea groups is 1. The van der Waals surface area contributed by atoms with Gasteiger partial charge in [0.15, 0.2) is 0 Å². The maximum atomic E-state index is 12.9. The van der Waals surface area contributed by atoms with Crippen molar-refractivity contribution >= 4 is 35.3 Å². The molecule has 0 aliphatic carbocycles. The molecule has 3 heterocycles. The summed E-state index contributed by atoms with van der Waals surface area (Å²) in [7, 11) is 0. The SMILES string of the molecule is O=C1NC(c2ccccc2)SC1CC(=O)N1CCC(N2CCc3ccccc3NC2=O)CC1. The molecule has 2 fully saturated rings. The molecule has 7 nitrogen and oxygen atoms in total. The lowest BCUT2D eigenvalue weighted by Gasteiger charge is -2.38. The lowest BCUT2D eigenvalue weighted by atomic mass is 10.0. The highest BCUT2D eigenvalue weighted by atomic mass is 32.2. The Morgan fingerprint density at radius 1 is 0.970 bits per heavy atom. The molecule has 3 aliphatic heterocycles. The van der Waals surface area contributed by atoms with Gasteiger partial charge in [0.05, 0.1) is 5.25 Å². The molecule has 4 amide bonds. The predicted molar refractivity (Wildman–Crippen MR) is 129 cm³/mol. The molecule has 2 saturated heterocycles. The van der Waals surface area contributed by atoms with Crippen molar-refractivity contribution in [2.75, 3.05) is 25.0 Å². The summed E-state index contributed by atoms with van der Waals surface area (Å²) in [5, 5.41) is 5.56. The van der Waals surface area contributed by atoms with Crippen LogP contribution >= 0.6 is 11.8 Å². The minimum absolute atomic E-state index is 0.0162. The monoisotopic (exact) mass is 464 g/mol. The first-order chi connectivity index (χ1) is 16.1. The van der Waals surface area contributed by atoms with Crippen LogP contribution in [-0.4, -0.2) is 58.6 Å². The molecule has 3 aliphatic rings. The Morgan fingerprint density at radius 2 is 1.70 bits per heavy atom. The van der Waals surface area contributed by atoms with Crippen molar-refractivity contribution in [2.45, 2.75) is 42.3 Å². The van der Waals surface area contributed by atoms with Crippen LogP contribution in [0.15, 0.2) is 54.6 Å². The molecule has 2 N–H and O–H groups in total. The number of benzene rings is 2. The third-order valence-corrected chi connectivity index (χ3v) is 8.10. The summed E-state index contributed by atoms with van der Waals surface area (Å²) in [6, 6.07) is 17.8.